The predicted octanol–water partition coefficient (Wildman–Crippen LogP) is 2.75. The van der Waals surface area contributed by atoms with Gasteiger partial charge in [-0.1, -0.05) is 39.6 Å². The molecule has 0 saturated heterocycles. The number of carboxylic acid groups (broad SMARTS) is 1. The fraction of sp³-hybridized carbons (Fsp3) is 0.667. The molecule has 0 aliphatic rings. The normalized spacial score (nSPS) is 13.8. The Hall–Kier alpha value is -0.573. The van der Waals surface area contributed by atoms with Crippen molar-refractivity contribution in [2.75, 3.05) is 0 Å². The molecule has 0 saturated carbocycles. The van der Waals surface area contributed by atoms with Crippen LogP contribution in [0.5, 0.6) is 0 Å². The van der Waals surface area contributed by atoms with E-state index in [-0.39, 0.29) is 5.04 Å². The second-order valence-corrected chi connectivity index (χ2v) is 10.4. The first-order valence-electron chi connectivity index (χ1n) is 4.09. The Labute approximate surface area is 75.3 Å². The summed E-state index contributed by atoms with van der Waals surface area (Å²) < 4.78 is 0. The third kappa shape index (κ3) is 3.22. The van der Waals surface area contributed by atoms with E-state index in [4.69, 9.17) is 5.11 Å². The number of rotatable bonds is 3. The van der Waals surface area contributed by atoms with Gasteiger partial charge in [0.15, 0.2) is 0 Å². The van der Waals surface area contributed by atoms with Crippen LogP contribution in [0.1, 0.15) is 13.8 Å². The van der Waals surface area contributed by atoms with Crippen LogP contribution in [0.15, 0.2) is 12.2 Å². The highest BCUT2D eigenvalue weighted by Crippen LogP contribution is 2.37. The lowest BCUT2D eigenvalue weighted by Crippen LogP contribution is -2.33. The molecule has 0 aromatic carbocycles. The van der Waals surface area contributed by atoms with Crippen molar-refractivity contribution in [3.05, 3.63) is 12.2 Å². The SMILES string of the molecule is CC(C)(C=CC(=O)O)[Si](C)(C)C. The van der Waals surface area contributed by atoms with Gasteiger partial charge in [-0.25, -0.2) is 4.79 Å². The molecule has 0 fully saturated rings. The van der Waals surface area contributed by atoms with E-state index in [2.05, 4.69) is 33.5 Å². The molecule has 0 aliphatic carbocycles. The van der Waals surface area contributed by atoms with E-state index in [1.807, 2.05) is 6.08 Å². The molecule has 12 heavy (non-hydrogen) atoms. The Balaban J connectivity index is 4.54. The van der Waals surface area contributed by atoms with Gasteiger partial charge in [-0.3, -0.25) is 0 Å². The Morgan fingerprint density at radius 2 is 1.75 bits per heavy atom. The minimum Gasteiger partial charge on any atom is -0.478 e. The van der Waals surface area contributed by atoms with Crippen molar-refractivity contribution in [3.63, 3.8) is 0 Å². The molecule has 0 rings (SSSR count). The number of carboxylic acids is 1. The van der Waals surface area contributed by atoms with Crippen LogP contribution >= 0.6 is 0 Å². The molecule has 3 heteroatoms. The average molecular weight is 186 g/mol. The van der Waals surface area contributed by atoms with Crippen LogP contribution in [0, 0.1) is 0 Å². The van der Waals surface area contributed by atoms with E-state index in [9.17, 15) is 4.79 Å². The molecule has 1 N–H and O–H groups in total. The summed E-state index contributed by atoms with van der Waals surface area (Å²) in [6.45, 7) is 10.9. The van der Waals surface area contributed by atoms with Crippen LogP contribution in [0.4, 0.5) is 0 Å². The van der Waals surface area contributed by atoms with Crippen molar-refractivity contribution in [2.24, 2.45) is 0 Å². The number of carbonyl (C=O) groups is 1. The minimum atomic E-state index is -1.30. The van der Waals surface area contributed by atoms with Crippen molar-refractivity contribution < 1.29 is 9.90 Å². The van der Waals surface area contributed by atoms with Gasteiger partial charge in [-0.2, -0.15) is 0 Å². The summed E-state index contributed by atoms with van der Waals surface area (Å²) in [6.07, 6.45) is 3.06. The molecule has 0 amide bonds. The quantitative estimate of drug-likeness (QED) is 0.543. The summed E-state index contributed by atoms with van der Waals surface area (Å²) in [5.41, 5.74) is 0. The lowest BCUT2D eigenvalue weighted by atomic mass is 10.2. The van der Waals surface area contributed by atoms with Gasteiger partial charge in [-0.05, 0) is 5.04 Å². The molecule has 0 unspecified atom stereocenters. The van der Waals surface area contributed by atoms with E-state index in [1.165, 1.54) is 6.08 Å². The molecule has 0 bridgehead atoms. The fourth-order valence-corrected chi connectivity index (χ4v) is 1.11. The van der Waals surface area contributed by atoms with Crippen LogP contribution in [-0.2, 0) is 4.79 Å². The summed E-state index contributed by atoms with van der Waals surface area (Å²) in [6, 6.07) is 0. The molecular formula is C9H18O2Si. The summed E-state index contributed by atoms with van der Waals surface area (Å²) in [5.74, 6) is -0.860. The number of allylic oxidation sites excluding steroid dienone is 1. The Kier molecular flexibility index (Phi) is 3.27. The van der Waals surface area contributed by atoms with Crippen LogP contribution in [0.2, 0.25) is 24.7 Å². The molecule has 0 spiro atoms. The molecule has 2 nitrogen and oxygen atoms in total. The predicted molar refractivity (Wildman–Crippen MR) is 54.2 cm³/mol. The van der Waals surface area contributed by atoms with Crippen LogP contribution in [0.25, 0.3) is 0 Å². The monoisotopic (exact) mass is 186 g/mol. The zero-order valence-electron chi connectivity index (χ0n) is 8.51. The maximum absolute atomic E-state index is 10.3. The average Bonchev–Trinajstić information content (AvgIpc) is 1.81. The number of aliphatic carboxylic acids is 1. The Bertz CT molecular complexity index is 199. The third-order valence-corrected chi connectivity index (χ3v) is 6.61. The van der Waals surface area contributed by atoms with Gasteiger partial charge in [0.1, 0.15) is 0 Å². The fourth-order valence-electron chi connectivity index (χ4n) is 0.530. The zero-order valence-corrected chi connectivity index (χ0v) is 9.51. The summed E-state index contributed by atoms with van der Waals surface area (Å²) >= 11 is 0. The summed E-state index contributed by atoms with van der Waals surface area (Å²) in [5, 5.41) is 8.52. The van der Waals surface area contributed by atoms with Gasteiger partial charge in [0.2, 0.25) is 0 Å². The highest BCUT2D eigenvalue weighted by molar-refractivity contribution is 6.79. The smallest absolute Gasteiger partial charge is 0.327 e. The van der Waals surface area contributed by atoms with Gasteiger partial charge >= 0.3 is 5.97 Å². The van der Waals surface area contributed by atoms with E-state index in [0.717, 1.165) is 0 Å². The van der Waals surface area contributed by atoms with Crippen molar-refractivity contribution in [2.45, 2.75) is 38.5 Å². The first-order valence-corrected chi connectivity index (χ1v) is 7.59. The Morgan fingerprint density at radius 3 is 2.00 bits per heavy atom. The topological polar surface area (TPSA) is 37.3 Å². The molecular weight excluding hydrogens is 168 g/mol. The highest BCUT2D eigenvalue weighted by atomic mass is 28.3. The Morgan fingerprint density at radius 1 is 1.33 bits per heavy atom. The van der Waals surface area contributed by atoms with E-state index < -0.39 is 14.0 Å². The maximum Gasteiger partial charge on any atom is 0.327 e. The summed E-state index contributed by atoms with van der Waals surface area (Å²) in [4.78, 5) is 10.3. The molecule has 0 heterocycles. The first-order chi connectivity index (χ1) is 5.17. The molecule has 0 radical (unpaired) electrons. The molecule has 0 aromatic rings. The molecule has 0 aromatic heterocycles. The lowest BCUT2D eigenvalue weighted by Gasteiger charge is -2.34. The van der Waals surface area contributed by atoms with E-state index >= 15 is 0 Å². The van der Waals surface area contributed by atoms with Gasteiger partial charge in [0, 0.05) is 6.08 Å². The van der Waals surface area contributed by atoms with Gasteiger partial charge in [-0.15, -0.1) is 0 Å². The van der Waals surface area contributed by atoms with E-state index in [0.29, 0.717) is 0 Å². The first kappa shape index (κ1) is 11.4. The summed E-state index contributed by atoms with van der Waals surface area (Å²) in [7, 11) is -1.30. The zero-order chi connectivity index (χ0) is 9.99. The number of hydrogen-bond donors (Lipinski definition) is 1. The van der Waals surface area contributed by atoms with Crippen molar-refractivity contribution in [1.29, 1.82) is 0 Å². The maximum atomic E-state index is 10.3. The van der Waals surface area contributed by atoms with Gasteiger partial charge < -0.3 is 5.11 Å². The lowest BCUT2D eigenvalue weighted by molar-refractivity contribution is -0.131. The molecule has 0 aliphatic heterocycles. The second-order valence-electron chi connectivity index (χ2n) is 4.64. The van der Waals surface area contributed by atoms with Gasteiger partial charge in [0.05, 0.1) is 8.07 Å². The van der Waals surface area contributed by atoms with Gasteiger partial charge in [0.25, 0.3) is 0 Å². The third-order valence-electron chi connectivity index (χ3n) is 2.58. The molecule has 0 atom stereocenters. The second kappa shape index (κ2) is 3.43. The van der Waals surface area contributed by atoms with Crippen LogP contribution in [0.3, 0.4) is 0 Å². The minimum absolute atomic E-state index is 0.0470. The van der Waals surface area contributed by atoms with Crippen molar-refractivity contribution in [3.8, 4) is 0 Å². The van der Waals surface area contributed by atoms with Crippen molar-refractivity contribution in [1.82, 2.24) is 0 Å². The highest BCUT2D eigenvalue weighted by Gasteiger charge is 2.31. The largest absolute Gasteiger partial charge is 0.478 e. The number of hydrogen-bond acceptors (Lipinski definition) is 1. The van der Waals surface area contributed by atoms with Crippen LogP contribution < -0.4 is 0 Å². The molecule has 70 valence electrons. The standard InChI is InChI=1S/C9H18O2Si/c1-9(2,12(3,4)5)7-6-8(10)11/h6-7H,1-5H3,(H,10,11). The van der Waals surface area contributed by atoms with E-state index in [1.54, 1.807) is 0 Å². The van der Waals surface area contributed by atoms with Crippen LogP contribution in [-0.4, -0.2) is 19.1 Å². The van der Waals surface area contributed by atoms with Crippen molar-refractivity contribution >= 4 is 14.0 Å².